The van der Waals surface area contributed by atoms with Crippen molar-refractivity contribution in [3.8, 4) is 5.75 Å². The van der Waals surface area contributed by atoms with Crippen molar-refractivity contribution in [3.63, 3.8) is 0 Å². The van der Waals surface area contributed by atoms with Crippen molar-refractivity contribution in [1.29, 1.82) is 0 Å². The fourth-order valence-electron chi connectivity index (χ4n) is 3.92. The minimum Gasteiger partial charge on any atom is -0.494 e. The number of imide groups is 1. The third kappa shape index (κ3) is 12.0. The number of carbonyl (C=O) groups excluding carboxylic acids is 4. The molecule has 1 aliphatic rings. The Morgan fingerprint density at radius 3 is 1.95 bits per heavy atom. The SMILES string of the molecule is O=C(CCCCCCCCCCOc1ccc(C(=O)O)cc1)N[C@@H](CCC(=O)ON1C(=O)CCC1=O)C(=O)O. The zero-order valence-electron chi connectivity index (χ0n) is 21.9. The van der Waals surface area contributed by atoms with Crippen LogP contribution in [0, 0.1) is 0 Å². The summed E-state index contributed by atoms with van der Waals surface area (Å²) in [5, 5.41) is 21.0. The molecule has 0 aromatic heterocycles. The standard InChI is InChI=1S/C27H36N2O10/c30-22(28-21(27(36)37)14-17-25(33)39-29-23(31)15-16-24(29)32)9-7-5-3-1-2-4-6-8-18-38-20-12-10-19(11-13-20)26(34)35/h10-13,21H,1-9,14-18H2,(H,28,30)(H,34,35)(H,36,37)/t21-/m0/s1. The minimum atomic E-state index is -1.29. The van der Waals surface area contributed by atoms with Gasteiger partial charge in [0.15, 0.2) is 0 Å². The molecule has 1 fully saturated rings. The van der Waals surface area contributed by atoms with Crippen molar-refractivity contribution >= 4 is 35.6 Å². The second-order valence-corrected chi connectivity index (χ2v) is 9.30. The molecule has 12 heteroatoms. The van der Waals surface area contributed by atoms with Gasteiger partial charge < -0.3 is 25.1 Å². The van der Waals surface area contributed by atoms with Gasteiger partial charge in [0.05, 0.1) is 18.6 Å². The van der Waals surface area contributed by atoms with E-state index in [0.29, 0.717) is 23.8 Å². The predicted molar refractivity (Wildman–Crippen MR) is 136 cm³/mol. The Balaban J connectivity index is 1.47. The van der Waals surface area contributed by atoms with Gasteiger partial charge in [0, 0.05) is 19.3 Å². The van der Waals surface area contributed by atoms with E-state index in [0.717, 1.165) is 44.9 Å². The van der Waals surface area contributed by atoms with Crippen LogP contribution in [-0.2, 0) is 28.8 Å². The van der Waals surface area contributed by atoms with E-state index in [2.05, 4.69) is 5.32 Å². The molecule has 1 saturated heterocycles. The van der Waals surface area contributed by atoms with E-state index in [1.165, 1.54) is 12.1 Å². The number of carboxylic acid groups (broad SMARTS) is 2. The lowest BCUT2D eigenvalue weighted by molar-refractivity contribution is -0.197. The third-order valence-corrected chi connectivity index (χ3v) is 6.14. The number of hydrogen-bond acceptors (Lipinski definition) is 8. The number of rotatable bonds is 19. The number of hydroxylamine groups is 2. The van der Waals surface area contributed by atoms with Crippen LogP contribution in [0.2, 0.25) is 0 Å². The van der Waals surface area contributed by atoms with Crippen molar-refractivity contribution in [1.82, 2.24) is 10.4 Å². The Morgan fingerprint density at radius 2 is 1.38 bits per heavy atom. The van der Waals surface area contributed by atoms with Gasteiger partial charge in [0.1, 0.15) is 11.8 Å². The molecule has 39 heavy (non-hydrogen) atoms. The zero-order valence-corrected chi connectivity index (χ0v) is 21.9. The average Bonchev–Trinajstić information content (AvgIpc) is 3.21. The quantitative estimate of drug-likeness (QED) is 0.172. The number of aliphatic carboxylic acids is 1. The topological polar surface area (TPSA) is 177 Å². The number of hydrogen-bond donors (Lipinski definition) is 3. The van der Waals surface area contributed by atoms with Gasteiger partial charge in [-0.05, 0) is 43.5 Å². The maximum Gasteiger partial charge on any atom is 0.335 e. The van der Waals surface area contributed by atoms with Crippen LogP contribution < -0.4 is 10.1 Å². The first kappa shape index (κ1) is 31.3. The van der Waals surface area contributed by atoms with E-state index in [-0.39, 0.29) is 37.7 Å². The molecule has 1 heterocycles. The maximum absolute atomic E-state index is 12.1. The van der Waals surface area contributed by atoms with Crippen LogP contribution in [0.3, 0.4) is 0 Å². The summed E-state index contributed by atoms with van der Waals surface area (Å²) in [5.74, 6) is -4.19. The molecular formula is C27H36N2O10. The number of carboxylic acids is 2. The number of nitrogens with one attached hydrogen (secondary N) is 1. The number of nitrogens with zero attached hydrogens (tertiary/aromatic N) is 1. The predicted octanol–water partition coefficient (Wildman–Crippen LogP) is 3.23. The lowest BCUT2D eigenvalue weighted by atomic mass is 10.1. The summed E-state index contributed by atoms with van der Waals surface area (Å²) in [6.07, 6.45) is 6.99. The average molecular weight is 549 g/mol. The summed E-state index contributed by atoms with van der Waals surface area (Å²) in [6, 6.07) is 5.04. The van der Waals surface area contributed by atoms with Gasteiger partial charge >= 0.3 is 17.9 Å². The van der Waals surface area contributed by atoms with E-state index in [1.807, 2.05) is 0 Å². The van der Waals surface area contributed by atoms with Gasteiger partial charge in [-0.25, -0.2) is 14.4 Å². The number of unbranched alkanes of at least 4 members (excludes halogenated alkanes) is 7. The Kier molecular flexibility index (Phi) is 13.5. The van der Waals surface area contributed by atoms with E-state index in [1.54, 1.807) is 12.1 Å². The van der Waals surface area contributed by atoms with Gasteiger partial charge in [-0.1, -0.05) is 38.5 Å². The number of aromatic carboxylic acids is 1. The summed E-state index contributed by atoms with van der Waals surface area (Å²) in [5.41, 5.74) is 0.222. The van der Waals surface area contributed by atoms with Crippen molar-refractivity contribution < 1.29 is 48.6 Å². The molecular weight excluding hydrogens is 512 g/mol. The molecule has 1 aliphatic heterocycles. The Bertz CT molecular complexity index is 992. The lowest BCUT2D eigenvalue weighted by Crippen LogP contribution is -2.41. The molecule has 214 valence electrons. The molecule has 0 spiro atoms. The first-order valence-corrected chi connectivity index (χ1v) is 13.2. The molecule has 2 rings (SSSR count). The van der Waals surface area contributed by atoms with Crippen LogP contribution in [0.25, 0.3) is 0 Å². The third-order valence-electron chi connectivity index (χ3n) is 6.14. The van der Waals surface area contributed by atoms with Crippen LogP contribution >= 0.6 is 0 Å². The molecule has 0 aliphatic carbocycles. The van der Waals surface area contributed by atoms with E-state index >= 15 is 0 Å². The number of benzene rings is 1. The fourth-order valence-corrected chi connectivity index (χ4v) is 3.92. The summed E-state index contributed by atoms with van der Waals surface area (Å²) >= 11 is 0. The Morgan fingerprint density at radius 1 is 0.821 bits per heavy atom. The highest BCUT2D eigenvalue weighted by atomic mass is 16.7. The highest BCUT2D eigenvalue weighted by molar-refractivity contribution is 6.01. The van der Waals surface area contributed by atoms with Crippen LogP contribution in [0.5, 0.6) is 5.75 Å². The second kappa shape index (κ2) is 16.8. The van der Waals surface area contributed by atoms with E-state index in [9.17, 15) is 33.9 Å². The number of amides is 3. The summed E-state index contributed by atoms with van der Waals surface area (Å²) < 4.78 is 5.61. The van der Waals surface area contributed by atoms with Crippen molar-refractivity contribution in [2.75, 3.05) is 6.61 Å². The molecule has 12 nitrogen and oxygen atoms in total. The molecule has 0 saturated carbocycles. The highest BCUT2D eigenvalue weighted by Crippen LogP contribution is 2.15. The van der Waals surface area contributed by atoms with Crippen LogP contribution in [0.1, 0.15) is 93.8 Å². The molecule has 1 atom stereocenters. The van der Waals surface area contributed by atoms with Crippen LogP contribution in [-0.4, -0.2) is 63.6 Å². The van der Waals surface area contributed by atoms with Crippen molar-refractivity contribution in [2.45, 2.75) is 89.5 Å². The monoisotopic (exact) mass is 548 g/mol. The maximum atomic E-state index is 12.1. The first-order chi connectivity index (χ1) is 18.7. The normalized spacial score (nSPS) is 13.7. The minimum absolute atomic E-state index is 0.0367. The molecule has 1 aromatic rings. The van der Waals surface area contributed by atoms with Gasteiger partial charge in [0.25, 0.3) is 11.8 Å². The largest absolute Gasteiger partial charge is 0.494 e. The van der Waals surface area contributed by atoms with Gasteiger partial charge in [-0.3, -0.25) is 14.4 Å². The molecule has 3 amide bonds. The van der Waals surface area contributed by atoms with Gasteiger partial charge in [-0.15, -0.1) is 5.06 Å². The Hall–Kier alpha value is -3.96. The second-order valence-electron chi connectivity index (χ2n) is 9.30. The lowest BCUT2D eigenvalue weighted by Gasteiger charge is -2.16. The molecule has 3 N–H and O–H groups in total. The number of carbonyl (C=O) groups is 6. The van der Waals surface area contributed by atoms with Gasteiger partial charge in [-0.2, -0.15) is 0 Å². The Labute approximate surface area is 226 Å². The fraction of sp³-hybridized carbons (Fsp3) is 0.556. The van der Waals surface area contributed by atoms with E-state index in [4.69, 9.17) is 14.7 Å². The molecule has 0 unspecified atom stereocenters. The van der Waals surface area contributed by atoms with Crippen LogP contribution in [0.15, 0.2) is 24.3 Å². The van der Waals surface area contributed by atoms with Crippen molar-refractivity contribution in [2.24, 2.45) is 0 Å². The summed E-state index contributed by atoms with van der Waals surface area (Å²) in [6.45, 7) is 0.567. The zero-order chi connectivity index (χ0) is 28.6. The summed E-state index contributed by atoms with van der Waals surface area (Å²) in [4.78, 5) is 73.9. The highest BCUT2D eigenvalue weighted by Gasteiger charge is 2.33. The van der Waals surface area contributed by atoms with Gasteiger partial charge in [0.2, 0.25) is 5.91 Å². The smallest absolute Gasteiger partial charge is 0.335 e. The van der Waals surface area contributed by atoms with E-state index < -0.39 is 41.7 Å². The molecule has 1 aromatic carbocycles. The van der Waals surface area contributed by atoms with Crippen molar-refractivity contribution in [3.05, 3.63) is 29.8 Å². The molecule has 0 radical (unpaired) electrons. The number of ether oxygens (including phenoxy) is 1. The summed E-state index contributed by atoms with van der Waals surface area (Å²) in [7, 11) is 0. The first-order valence-electron chi connectivity index (χ1n) is 13.2. The van der Waals surface area contributed by atoms with Crippen LogP contribution in [0.4, 0.5) is 0 Å². The molecule has 0 bridgehead atoms.